The maximum atomic E-state index is 13.7. The standard InChI is InChI=1S/C14H19F4NO/c1-8(2)5-9(7-19)13(20)11-6-10(14(16,17)18)3-4-12(11)15/h3-4,6,8-9,13,20H,5,7,19H2,1-2H3. The van der Waals surface area contributed by atoms with Crippen LogP contribution in [0.25, 0.3) is 0 Å². The number of aliphatic hydroxyl groups excluding tert-OH is 1. The lowest BCUT2D eigenvalue weighted by atomic mass is 9.87. The maximum Gasteiger partial charge on any atom is 0.416 e. The molecule has 114 valence electrons. The number of aliphatic hydroxyl groups is 1. The molecule has 0 radical (unpaired) electrons. The van der Waals surface area contributed by atoms with E-state index >= 15 is 0 Å². The van der Waals surface area contributed by atoms with Gasteiger partial charge in [0.25, 0.3) is 0 Å². The summed E-state index contributed by atoms with van der Waals surface area (Å²) in [5.74, 6) is -1.13. The zero-order chi connectivity index (χ0) is 15.5. The van der Waals surface area contributed by atoms with Gasteiger partial charge >= 0.3 is 6.18 Å². The van der Waals surface area contributed by atoms with Crippen LogP contribution in [-0.2, 0) is 6.18 Å². The average molecular weight is 293 g/mol. The van der Waals surface area contributed by atoms with Crippen LogP contribution >= 0.6 is 0 Å². The van der Waals surface area contributed by atoms with E-state index in [4.69, 9.17) is 5.73 Å². The number of alkyl halides is 3. The Bertz CT molecular complexity index is 445. The van der Waals surface area contributed by atoms with E-state index in [9.17, 15) is 22.7 Å². The van der Waals surface area contributed by atoms with Crippen molar-refractivity contribution in [3.05, 3.63) is 35.1 Å². The number of halogens is 4. The summed E-state index contributed by atoms with van der Waals surface area (Å²) in [6, 6.07) is 2.04. The molecule has 1 aromatic rings. The fraction of sp³-hybridized carbons (Fsp3) is 0.571. The summed E-state index contributed by atoms with van der Waals surface area (Å²) in [7, 11) is 0. The van der Waals surface area contributed by atoms with Crippen LogP contribution in [0, 0.1) is 17.7 Å². The van der Waals surface area contributed by atoms with Gasteiger partial charge in [0.15, 0.2) is 0 Å². The van der Waals surface area contributed by atoms with Crippen LogP contribution in [0.4, 0.5) is 17.6 Å². The van der Waals surface area contributed by atoms with Crippen LogP contribution in [0.5, 0.6) is 0 Å². The second-order valence-electron chi connectivity index (χ2n) is 5.30. The quantitative estimate of drug-likeness (QED) is 0.816. The fourth-order valence-corrected chi connectivity index (χ4v) is 2.16. The van der Waals surface area contributed by atoms with Gasteiger partial charge in [0.05, 0.1) is 11.7 Å². The highest BCUT2D eigenvalue weighted by Gasteiger charge is 2.33. The molecule has 3 N–H and O–H groups in total. The van der Waals surface area contributed by atoms with E-state index in [0.29, 0.717) is 18.6 Å². The zero-order valence-corrected chi connectivity index (χ0v) is 11.4. The third kappa shape index (κ3) is 4.18. The van der Waals surface area contributed by atoms with Crippen LogP contribution in [-0.4, -0.2) is 11.7 Å². The van der Waals surface area contributed by atoms with Crippen LogP contribution in [0.3, 0.4) is 0 Å². The smallest absolute Gasteiger partial charge is 0.388 e. The molecule has 1 aromatic carbocycles. The van der Waals surface area contributed by atoms with E-state index in [2.05, 4.69) is 0 Å². The van der Waals surface area contributed by atoms with E-state index in [0.717, 1.165) is 6.07 Å². The average Bonchev–Trinajstić information content (AvgIpc) is 2.34. The lowest BCUT2D eigenvalue weighted by molar-refractivity contribution is -0.137. The molecule has 0 aliphatic carbocycles. The Kier molecular flexibility index (Phi) is 5.53. The Morgan fingerprint density at radius 2 is 1.85 bits per heavy atom. The van der Waals surface area contributed by atoms with Crippen LogP contribution in [0.2, 0.25) is 0 Å². The summed E-state index contributed by atoms with van der Waals surface area (Å²) in [6.45, 7) is 3.88. The van der Waals surface area contributed by atoms with Gasteiger partial charge in [-0.05, 0) is 37.1 Å². The molecule has 0 aliphatic heterocycles. The van der Waals surface area contributed by atoms with E-state index < -0.39 is 29.6 Å². The van der Waals surface area contributed by atoms with Gasteiger partial charge in [-0.1, -0.05) is 13.8 Å². The predicted molar refractivity (Wildman–Crippen MR) is 68.4 cm³/mol. The molecule has 0 spiro atoms. The molecule has 0 saturated carbocycles. The minimum Gasteiger partial charge on any atom is -0.388 e. The van der Waals surface area contributed by atoms with Crippen molar-refractivity contribution in [3.63, 3.8) is 0 Å². The highest BCUT2D eigenvalue weighted by molar-refractivity contribution is 5.29. The molecule has 0 heterocycles. The third-order valence-electron chi connectivity index (χ3n) is 3.17. The van der Waals surface area contributed by atoms with Crippen molar-refractivity contribution in [2.45, 2.75) is 32.5 Å². The Morgan fingerprint density at radius 1 is 1.25 bits per heavy atom. The molecular weight excluding hydrogens is 274 g/mol. The van der Waals surface area contributed by atoms with Gasteiger partial charge in [0.2, 0.25) is 0 Å². The normalized spacial score (nSPS) is 15.4. The van der Waals surface area contributed by atoms with Crippen LogP contribution in [0.15, 0.2) is 18.2 Å². The van der Waals surface area contributed by atoms with Crippen molar-refractivity contribution in [2.75, 3.05) is 6.54 Å². The lowest BCUT2D eigenvalue weighted by Gasteiger charge is -2.24. The van der Waals surface area contributed by atoms with Crippen molar-refractivity contribution < 1.29 is 22.7 Å². The van der Waals surface area contributed by atoms with E-state index in [1.54, 1.807) is 0 Å². The van der Waals surface area contributed by atoms with Gasteiger partial charge in [-0.3, -0.25) is 0 Å². The molecule has 0 bridgehead atoms. The molecule has 1 rings (SSSR count). The summed E-state index contributed by atoms with van der Waals surface area (Å²) >= 11 is 0. The van der Waals surface area contributed by atoms with Gasteiger partial charge < -0.3 is 10.8 Å². The molecule has 2 unspecified atom stereocenters. The van der Waals surface area contributed by atoms with Crippen molar-refractivity contribution in [1.29, 1.82) is 0 Å². The first-order chi connectivity index (χ1) is 9.16. The summed E-state index contributed by atoms with van der Waals surface area (Å²) in [4.78, 5) is 0. The van der Waals surface area contributed by atoms with E-state index in [1.807, 2.05) is 13.8 Å². The Morgan fingerprint density at radius 3 is 2.30 bits per heavy atom. The summed E-state index contributed by atoms with van der Waals surface area (Å²) in [5, 5.41) is 10.1. The molecule has 2 nitrogen and oxygen atoms in total. The second-order valence-corrected chi connectivity index (χ2v) is 5.30. The monoisotopic (exact) mass is 293 g/mol. The van der Waals surface area contributed by atoms with Gasteiger partial charge in [-0.2, -0.15) is 13.2 Å². The first-order valence-corrected chi connectivity index (χ1v) is 6.41. The first-order valence-electron chi connectivity index (χ1n) is 6.41. The molecule has 0 aliphatic rings. The maximum absolute atomic E-state index is 13.7. The Balaban J connectivity index is 3.10. The SMILES string of the molecule is CC(C)CC(CN)C(O)c1cc(C(F)(F)F)ccc1F. The molecule has 6 heteroatoms. The zero-order valence-electron chi connectivity index (χ0n) is 11.4. The summed E-state index contributed by atoms with van der Waals surface area (Å²) in [6.07, 6.45) is -5.41. The topological polar surface area (TPSA) is 46.2 Å². The van der Waals surface area contributed by atoms with Crippen LogP contribution < -0.4 is 5.73 Å². The molecular formula is C14H19F4NO. The van der Waals surface area contributed by atoms with Crippen molar-refractivity contribution in [3.8, 4) is 0 Å². The van der Waals surface area contributed by atoms with Gasteiger partial charge in [0.1, 0.15) is 5.82 Å². The number of hydrogen-bond acceptors (Lipinski definition) is 2. The van der Waals surface area contributed by atoms with Crippen molar-refractivity contribution >= 4 is 0 Å². The third-order valence-corrected chi connectivity index (χ3v) is 3.17. The van der Waals surface area contributed by atoms with Crippen molar-refractivity contribution in [1.82, 2.24) is 0 Å². The van der Waals surface area contributed by atoms with Crippen molar-refractivity contribution in [2.24, 2.45) is 17.6 Å². The molecule has 20 heavy (non-hydrogen) atoms. The summed E-state index contributed by atoms with van der Waals surface area (Å²) in [5.41, 5.74) is 4.20. The number of rotatable bonds is 5. The number of nitrogens with two attached hydrogens (primary N) is 1. The molecule has 0 saturated heterocycles. The van der Waals surface area contributed by atoms with Gasteiger partial charge in [0, 0.05) is 11.5 Å². The summed E-state index contributed by atoms with van der Waals surface area (Å²) < 4.78 is 51.6. The lowest BCUT2D eigenvalue weighted by Crippen LogP contribution is -2.24. The Labute approximate surface area is 115 Å². The van der Waals surface area contributed by atoms with Crippen LogP contribution in [0.1, 0.15) is 37.5 Å². The number of benzene rings is 1. The Hall–Kier alpha value is -1.14. The number of hydrogen-bond donors (Lipinski definition) is 2. The van der Waals surface area contributed by atoms with E-state index in [1.165, 1.54) is 0 Å². The fourth-order valence-electron chi connectivity index (χ4n) is 2.16. The minimum atomic E-state index is -4.57. The predicted octanol–water partition coefficient (Wildman–Crippen LogP) is 3.50. The molecule has 0 fully saturated rings. The highest BCUT2D eigenvalue weighted by atomic mass is 19.4. The largest absolute Gasteiger partial charge is 0.416 e. The second kappa shape index (κ2) is 6.54. The first kappa shape index (κ1) is 16.9. The molecule has 0 aromatic heterocycles. The minimum absolute atomic E-state index is 0.0784. The van der Waals surface area contributed by atoms with E-state index in [-0.39, 0.29) is 18.0 Å². The molecule has 0 amide bonds. The van der Waals surface area contributed by atoms with Gasteiger partial charge in [-0.25, -0.2) is 4.39 Å². The highest BCUT2D eigenvalue weighted by Crippen LogP contribution is 2.34. The molecule has 2 atom stereocenters. The van der Waals surface area contributed by atoms with Gasteiger partial charge in [-0.15, -0.1) is 0 Å².